The first-order chi connectivity index (χ1) is 7.98. The highest BCUT2D eigenvalue weighted by Gasteiger charge is 2.14. The Balaban J connectivity index is 2.28. The van der Waals surface area contributed by atoms with Gasteiger partial charge < -0.3 is 4.98 Å². The molecule has 1 N–H and O–H groups in total. The molecule has 2 rings (SSSR count). The van der Waals surface area contributed by atoms with Crippen LogP contribution >= 0.6 is 0 Å². The van der Waals surface area contributed by atoms with Gasteiger partial charge in [-0.15, -0.1) is 0 Å². The minimum atomic E-state index is 0.0618. The zero-order valence-corrected chi connectivity index (χ0v) is 10.4. The lowest BCUT2D eigenvalue weighted by Crippen LogP contribution is -2.11. The van der Waals surface area contributed by atoms with E-state index >= 15 is 0 Å². The third-order valence-corrected chi connectivity index (χ3v) is 2.87. The van der Waals surface area contributed by atoms with Gasteiger partial charge in [-0.05, 0) is 17.0 Å². The van der Waals surface area contributed by atoms with Crippen LogP contribution in [0.2, 0.25) is 0 Å². The van der Waals surface area contributed by atoms with Crippen molar-refractivity contribution in [3.05, 3.63) is 59.4 Å². The van der Waals surface area contributed by atoms with E-state index in [2.05, 4.69) is 25.8 Å². The molecule has 1 aromatic heterocycles. The number of nitrogens with one attached hydrogen (secondary N) is 1. The molecule has 0 radical (unpaired) electrons. The van der Waals surface area contributed by atoms with Crippen LogP contribution in [0.3, 0.4) is 0 Å². The van der Waals surface area contributed by atoms with E-state index in [0.29, 0.717) is 5.56 Å². The van der Waals surface area contributed by atoms with Crippen molar-refractivity contribution in [3.63, 3.8) is 0 Å². The van der Waals surface area contributed by atoms with E-state index in [1.807, 2.05) is 24.3 Å². The largest absolute Gasteiger partial charge is 0.367 e. The van der Waals surface area contributed by atoms with Crippen molar-refractivity contribution < 1.29 is 4.79 Å². The van der Waals surface area contributed by atoms with E-state index < -0.39 is 0 Å². The Morgan fingerprint density at radius 2 is 1.65 bits per heavy atom. The zero-order chi connectivity index (χ0) is 12.5. The lowest BCUT2D eigenvalue weighted by molar-refractivity contribution is 0.103. The van der Waals surface area contributed by atoms with E-state index in [4.69, 9.17) is 0 Å². The Bertz CT molecular complexity index is 501. The maximum atomic E-state index is 12.0. The number of aromatic amines is 1. The van der Waals surface area contributed by atoms with Crippen LogP contribution in [0.4, 0.5) is 0 Å². The monoisotopic (exact) mass is 227 g/mol. The van der Waals surface area contributed by atoms with Gasteiger partial charge in [-0.25, -0.2) is 0 Å². The summed E-state index contributed by atoms with van der Waals surface area (Å²) in [6.45, 7) is 6.49. The average molecular weight is 227 g/mol. The van der Waals surface area contributed by atoms with Crippen LogP contribution in [0, 0.1) is 0 Å². The van der Waals surface area contributed by atoms with Gasteiger partial charge in [0.2, 0.25) is 0 Å². The van der Waals surface area contributed by atoms with Crippen molar-refractivity contribution in [2.75, 3.05) is 0 Å². The van der Waals surface area contributed by atoms with E-state index in [1.54, 1.807) is 18.5 Å². The summed E-state index contributed by atoms with van der Waals surface area (Å²) in [5.41, 5.74) is 2.80. The molecule has 0 aliphatic carbocycles. The van der Waals surface area contributed by atoms with Crippen LogP contribution < -0.4 is 0 Å². The quantitative estimate of drug-likeness (QED) is 0.782. The van der Waals surface area contributed by atoms with Gasteiger partial charge in [0, 0.05) is 23.5 Å². The smallest absolute Gasteiger partial charge is 0.194 e. The Kier molecular flexibility index (Phi) is 2.88. The Hall–Kier alpha value is -1.83. The second-order valence-corrected chi connectivity index (χ2v) is 5.26. The number of ketones is 1. The number of carbonyl (C=O) groups excluding carboxylic acids is 1. The topological polar surface area (TPSA) is 32.9 Å². The second kappa shape index (κ2) is 4.21. The molecule has 0 fully saturated rings. The summed E-state index contributed by atoms with van der Waals surface area (Å²) in [5.74, 6) is 0.0618. The molecular formula is C15H17NO. The molecule has 0 atom stereocenters. The Morgan fingerprint density at radius 1 is 1.00 bits per heavy atom. The summed E-state index contributed by atoms with van der Waals surface area (Å²) in [4.78, 5) is 14.9. The summed E-state index contributed by atoms with van der Waals surface area (Å²) in [6, 6.07) is 9.64. The van der Waals surface area contributed by atoms with E-state index in [-0.39, 0.29) is 11.2 Å². The molecule has 0 amide bonds. The van der Waals surface area contributed by atoms with Crippen molar-refractivity contribution in [1.29, 1.82) is 0 Å². The highest BCUT2D eigenvalue weighted by atomic mass is 16.1. The van der Waals surface area contributed by atoms with Crippen molar-refractivity contribution in [2.45, 2.75) is 26.2 Å². The molecule has 1 aromatic carbocycles. The number of hydrogen-bond donors (Lipinski definition) is 1. The van der Waals surface area contributed by atoms with Crippen molar-refractivity contribution in [3.8, 4) is 0 Å². The molecule has 0 aliphatic rings. The SMILES string of the molecule is CC(C)(C)c1ccc(C(=O)c2cc[nH]c2)cc1. The Morgan fingerprint density at radius 3 is 2.12 bits per heavy atom. The van der Waals surface area contributed by atoms with Gasteiger partial charge in [0.25, 0.3) is 0 Å². The number of aromatic nitrogens is 1. The molecule has 0 spiro atoms. The van der Waals surface area contributed by atoms with Gasteiger partial charge in [-0.3, -0.25) is 4.79 Å². The zero-order valence-electron chi connectivity index (χ0n) is 10.4. The first-order valence-corrected chi connectivity index (χ1v) is 5.76. The van der Waals surface area contributed by atoms with Gasteiger partial charge >= 0.3 is 0 Å². The molecule has 1 heterocycles. The molecule has 88 valence electrons. The second-order valence-electron chi connectivity index (χ2n) is 5.26. The predicted octanol–water partition coefficient (Wildman–Crippen LogP) is 3.54. The predicted molar refractivity (Wildman–Crippen MR) is 69.4 cm³/mol. The molecule has 0 saturated carbocycles. The van der Waals surface area contributed by atoms with Gasteiger partial charge in [0.1, 0.15) is 0 Å². The summed E-state index contributed by atoms with van der Waals surface area (Å²) in [5, 5.41) is 0. The standard InChI is InChI=1S/C15H17NO/c1-15(2,3)13-6-4-11(5-7-13)14(17)12-8-9-16-10-12/h4-10,16H,1-3H3. The molecule has 17 heavy (non-hydrogen) atoms. The number of H-pyrrole nitrogens is 1. The number of hydrogen-bond acceptors (Lipinski definition) is 1. The lowest BCUT2D eigenvalue weighted by atomic mass is 9.86. The number of rotatable bonds is 2. The summed E-state index contributed by atoms with van der Waals surface area (Å²) < 4.78 is 0. The van der Waals surface area contributed by atoms with Crippen LogP contribution in [0.15, 0.2) is 42.7 Å². The van der Waals surface area contributed by atoms with Crippen molar-refractivity contribution >= 4 is 5.78 Å². The normalized spacial score (nSPS) is 11.5. The van der Waals surface area contributed by atoms with Gasteiger partial charge in [0.05, 0.1) is 0 Å². The van der Waals surface area contributed by atoms with Crippen LogP contribution in [-0.4, -0.2) is 10.8 Å². The van der Waals surface area contributed by atoms with Gasteiger partial charge in [-0.2, -0.15) is 0 Å². The minimum Gasteiger partial charge on any atom is -0.367 e. The molecule has 2 aromatic rings. The maximum Gasteiger partial charge on any atom is 0.194 e. The number of benzene rings is 1. The van der Waals surface area contributed by atoms with Crippen LogP contribution in [0.5, 0.6) is 0 Å². The Labute approximate surface area is 102 Å². The highest BCUT2D eigenvalue weighted by molar-refractivity contribution is 6.08. The highest BCUT2D eigenvalue weighted by Crippen LogP contribution is 2.22. The van der Waals surface area contributed by atoms with Gasteiger partial charge in [0.15, 0.2) is 5.78 Å². The third kappa shape index (κ3) is 2.47. The van der Waals surface area contributed by atoms with Crippen LogP contribution in [0.25, 0.3) is 0 Å². The summed E-state index contributed by atoms with van der Waals surface area (Å²) in [6.07, 6.45) is 3.48. The van der Waals surface area contributed by atoms with E-state index in [0.717, 1.165) is 5.56 Å². The molecule has 2 heteroatoms. The van der Waals surface area contributed by atoms with Crippen LogP contribution in [0.1, 0.15) is 42.3 Å². The molecule has 2 nitrogen and oxygen atoms in total. The minimum absolute atomic E-state index is 0.0618. The van der Waals surface area contributed by atoms with Crippen molar-refractivity contribution in [1.82, 2.24) is 4.98 Å². The lowest BCUT2D eigenvalue weighted by Gasteiger charge is -2.18. The molecule has 0 bridgehead atoms. The summed E-state index contributed by atoms with van der Waals surface area (Å²) >= 11 is 0. The van der Waals surface area contributed by atoms with Crippen LogP contribution in [-0.2, 0) is 5.41 Å². The van der Waals surface area contributed by atoms with E-state index in [9.17, 15) is 4.79 Å². The molecular weight excluding hydrogens is 210 g/mol. The fraction of sp³-hybridized carbons (Fsp3) is 0.267. The fourth-order valence-corrected chi connectivity index (χ4v) is 1.75. The van der Waals surface area contributed by atoms with Gasteiger partial charge in [-0.1, -0.05) is 45.0 Å². The maximum absolute atomic E-state index is 12.0. The molecule has 0 unspecified atom stereocenters. The van der Waals surface area contributed by atoms with Crippen molar-refractivity contribution in [2.24, 2.45) is 0 Å². The first-order valence-electron chi connectivity index (χ1n) is 5.76. The third-order valence-electron chi connectivity index (χ3n) is 2.87. The summed E-state index contributed by atoms with van der Waals surface area (Å²) in [7, 11) is 0. The fourth-order valence-electron chi connectivity index (χ4n) is 1.75. The average Bonchev–Trinajstić information content (AvgIpc) is 2.80. The number of carbonyl (C=O) groups is 1. The molecule has 0 saturated heterocycles. The van der Waals surface area contributed by atoms with E-state index in [1.165, 1.54) is 5.56 Å². The first kappa shape index (κ1) is 11.6. The molecule has 0 aliphatic heterocycles.